The lowest BCUT2D eigenvalue weighted by Gasteiger charge is -2.44. The van der Waals surface area contributed by atoms with Gasteiger partial charge in [-0.3, -0.25) is 14.4 Å². The number of carbonyl (C=O) groups is 4. The van der Waals surface area contributed by atoms with Crippen molar-refractivity contribution in [1.82, 2.24) is 0 Å². The van der Waals surface area contributed by atoms with E-state index in [0.29, 0.717) is 5.56 Å². The Hall–Kier alpha value is -3.64. The van der Waals surface area contributed by atoms with E-state index in [1.807, 2.05) is 0 Å². The number of aliphatic hydroxyl groups excluding tert-OH is 1. The van der Waals surface area contributed by atoms with Crippen LogP contribution in [0.15, 0.2) is 24.3 Å². The number of carbonyl (C=O) groups excluding carboxylic acids is 1. The van der Waals surface area contributed by atoms with E-state index in [1.165, 1.54) is 18.2 Å². The van der Waals surface area contributed by atoms with Crippen molar-refractivity contribution in [3.05, 3.63) is 29.8 Å². The van der Waals surface area contributed by atoms with Gasteiger partial charge in [-0.2, -0.15) is 0 Å². The Morgan fingerprint density at radius 2 is 1.59 bits per heavy atom. The second kappa shape index (κ2) is 12.0. The number of carboxylic acids is 3. The van der Waals surface area contributed by atoms with Crippen LogP contribution in [0.25, 0.3) is 6.08 Å². The number of methoxy groups -OCH3 is 1. The number of rotatable bonds is 11. The molecule has 12 nitrogen and oxygen atoms in total. The maximum Gasteiger partial charge on any atom is 0.335 e. The lowest BCUT2D eigenvalue weighted by atomic mass is 9.71. The molecule has 186 valence electrons. The average molecular weight is 481 g/mol. The first-order valence-corrected chi connectivity index (χ1v) is 10.3. The van der Waals surface area contributed by atoms with Gasteiger partial charge < -0.3 is 40.4 Å². The first-order valence-electron chi connectivity index (χ1n) is 10.3. The number of anilines is 1. The Labute approximate surface area is 194 Å². The van der Waals surface area contributed by atoms with E-state index in [4.69, 9.17) is 25.1 Å². The standard InChI is InChI=1S/C22H27NO11/c1-32-21(31)20-13(9-18(27)28)12(8-17(25)26)14(10-19(29)30)22(34-20)33-16-5-4-11(3-2-6-24)7-15(16)23/h2-5,7,12-14,20,22,24H,6,8-10,23H2,1H3,(H,25,26)(H,27,28)(H,29,30)/b3-2+/t12-,13-,14+,20-,22+/m0/s1. The molecule has 1 aliphatic heterocycles. The molecule has 5 atom stereocenters. The zero-order valence-corrected chi connectivity index (χ0v) is 18.3. The van der Waals surface area contributed by atoms with Gasteiger partial charge in [0.25, 0.3) is 0 Å². The summed E-state index contributed by atoms with van der Waals surface area (Å²) < 4.78 is 16.2. The van der Waals surface area contributed by atoms with Crippen LogP contribution < -0.4 is 10.5 Å². The van der Waals surface area contributed by atoms with Crippen molar-refractivity contribution >= 4 is 35.6 Å². The van der Waals surface area contributed by atoms with Crippen LogP contribution in [0, 0.1) is 17.8 Å². The van der Waals surface area contributed by atoms with E-state index in [9.17, 15) is 34.5 Å². The molecule has 0 spiro atoms. The molecule has 0 bridgehead atoms. The lowest BCUT2D eigenvalue weighted by Crippen LogP contribution is -2.54. The van der Waals surface area contributed by atoms with Gasteiger partial charge in [-0.25, -0.2) is 4.79 Å². The molecule has 0 aromatic heterocycles. The number of hydrogen-bond acceptors (Lipinski definition) is 9. The summed E-state index contributed by atoms with van der Waals surface area (Å²) in [4.78, 5) is 47.1. The molecule has 1 saturated heterocycles. The second-order valence-electron chi connectivity index (χ2n) is 7.73. The zero-order valence-electron chi connectivity index (χ0n) is 18.3. The highest BCUT2D eigenvalue weighted by atomic mass is 16.7. The number of benzene rings is 1. The summed E-state index contributed by atoms with van der Waals surface area (Å²) in [6.07, 6.45) is -1.71. The summed E-state index contributed by atoms with van der Waals surface area (Å²) in [5.74, 6) is -8.17. The van der Waals surface area contributed by atoms with Crippen LogP contribution in [0.4, 0.5) is 5.69 Å². The van der Waals surface area contributed by atoms with Gasteiger partial charge in [-0.1, -0.05) is 18.2 Å². The highest BCUT2D eigenvalue weighted by Crippen LogP contribution is 2.43. The molecule has 1 fully saturated rings. The van der Waals surface area contributed by atoms with Crippen LogP contribution in [0.1, 0.15) is 24.8 Å². The SMILES string of the molecule is COC(=O)[C@H]1O[C@@H](Oc2ccc(/C=C/CO)cc2N)[C@H](CC(=O)O)[C@@H](CC(=O)O)[C@@H]1CC(=O)O. The highest BCUT2D eigenvalue weighted by molar-refractivity contribution is 5.77. The molecule has 0 unspecified atom stereocenters. The number of nitrogen functional groups attached to an aromatic ring is 1. The number of hydrogen-bond donors (Lipinski definition) is 5. The fourth-order valence-corrected chi connectivity index (χ4v) is 4.06. The number of esters is 1. The third-order valence-corrected chi connectivity index (χ3v) is 5.48. The number of ether oxygens (including phenoxy) is 3. The average Bonchev–Trinajstić information content (AvgIpc) is 2.76. The van der Waals surface area contributed by atoms with E-state index in [-0.39, 0.29) is 18.0 Å². The van der Waals surface area contributed by atoms with E-state index in [0.717, 1.165) is 7.11 Å². The topological polar surface area (TPSA) is 203 Å². The van der Waals surface area contributed by atoms with Gasteiger partial charge in [0.15, 0.2) is 6.10 Å². The van der Waals surface area contributed by atoms with Gasteiger partial charge in [0.2, 0.25) is 6.29 Å². The lowest BCUT2D eigenvalue weighted by molar-refractivity contribution is -0.233. The normalized spacial score (nSPS) is 24.5. The van der Waals surface area contributed by atoms with E-state index < -0.39 is 73.3 Å². The van der Waals surface area contributed by atoms with Crippen molar-refractivity contribution in [3.8, 4) is 5.75 Å². The number of carboxylic acid groups (broad SMARTS) is 3. The first-order chi connectivity index (χ1) is 16.1. The van der Waals surface area contributed by atoms with E-state index in [1.54, 1.807) is 12.1 Å². The molecule has 0 aliphatic carbocycles. The highest BCUT2D eigenvalue weighted by Gasteiger charge is 2.51. The molecule has 0 amide bonds. The van der Waals surface area contributed by atoms with Crippen molar-refractivity contribution in [2.24, 2.45) is 17.8 Å². The van der Waals surface area contributed by atoms with Gasteiger partial charge in [0.05, 0.1) is 32.2 Å². The summed E-state index contributed by atoms with van der Waals surface area (Å²) in [5.41, 5.74) is 6.81. The first kappa shape index (κ1) is 26.6. The molecular weight excluding hydrogens is 454 g/mol. The third-order valence-electron chi connectivity index (χ3n) is 5.48. The monoisotopic (exact) mass is 481 g/mol. The van der Waals surface area contributed by atoms with Crippen molar-refractivity contribution in [3.63, 3.8) is 0 Å². The fraction of sp³-hybridized carbons (Fsp3) is 0.455. The van der Waals surface area contributed by atoms with Crippen LogP contribution in [0.5, 0.6) is 5.75 Å². The molecule has 34 heavy (non-hydrogen) atoms. The van der Waals surface area contributed by atoms with Gasteiger partial charge in [0.1, 0.15) is 5.75 Å². The van der Waals surface area contributed by atoms with E-state index in [2.05, 4.69) is 0 Å². The van der Waals surface area contributed by atoms with Gasteiger partial charge in [-0.15, -0.1) is 0 Å². The molecule has 1 aliphatic rings. The van der Waals surface area contributed by atoms with Crippen molar-refractivity contribution in [2.45, 2.75) is 31.7 Å². The molecule has 0 saturated carbocycles. The van der Waals surface area contributed by atoms with Crippen LogP contribution >= 0.6 is 0 Å². The van der Waals surface area contributed by atoms with Crippen molar-refractivity contribution in [2.75, 3.05) is 19.5 Å². The van der Waals surface area contributed by atoms with Crippen LogP contribution in [0.3, 0.4) is 0 Å². The molecule has 6 N–H and O–H groups in total. The number of aliphatic carboxylic acids is 3. The summed E-state index contributed by atoms with van der Waals surface area (Å²) in [6.45, 7) is -0.178. The Bertz CT molecular complexity index is 945. The molecule has 1 heterocycles. The second-order valence-corrected chi connectivity index (χ2v) is 7.73. The zero-order chi connectivity index (χ0) is 25.4. The Kier molecular flexibility index (Phi) is 9.39. The Morgan fingerprint density at radius 3 is 2.12 bits per heavy atom. The van der Waals surface area contributed by atoms with E-state index >= 15 is 0 Å². The summed E-state index contributed by atoms with van der Waals surface area (Å²) in [7, 11) is 1.06. The van der Waals surface area contributed by atoms with Gasteiger partial charge >= 0.3 is 23.9 Å². The fourth-order valence-electron chi connectivity index (χ4n) is 4.06. The minimum absolute atomic E-state index is 0.0795. The quantitative estimate of drug-likeness (QED) is 0.220. The maximum absolute atomic E-state index is 12.4. The molecule has 1 aromatic carbocycles. The van der Waals surface area contributed by atoms with Gasteiger partial charge in [0, 0.05) is 18.3 Å². The predicted molar refractivity (Wildman–Crippen MR) is 116 cm³/mol. The molecule has 1 aromatic rings. The van der Waals surface area contributed by atoms with Crippen LogP contribution in [0.2, 0.25) is 0 Å². The summed E-state index contributed by atoms with van der Waals surface area (Å²) >= 11 is 0. The number of nitrogens with two attached hydrogens (primary N) is 1. The predicted octanol–water partition coefficient (Wildman–Crippen LogP) is 0.824. The van der Waals surface area contributed by atoms with Crippen LogP contribution in [-0.4, -0.2) is 70.4 Å². The minimum Gasteiger partial charge on any atom is -0.481 e. The van der Waals surface area contributed by atoms with Crippen LogP contribution in [-0.2, 0) is 28.7 Å². The van der Waals surface area contributed by atoms with Crippen molar-refractivity contribution < 1.29 is 53.8 Å². The van der Waals surface area contributed by atoms with Crippen molar-refractivity contribution in [1.29, 1.82) is 0 Å². The molecule has 12 heteroatoms. The summed E-state index contributed by atoms with van der Waals surface area (Å²) in [6, 6.07) is 4.60. The maximum atomic E-state index is 12.4. The molecule has 0 radical (unpaired) electrons. The Balaban J connectivity index is 2.49. The van der Waals surface area contributed by atoms with Gasteiger partial charge in [-0.05, 0) is 23.6 Å². The largest absolute Gasteiger partial charge is 0.481 e. The molecule has 2 rings (SSSR count). The summed E-state index contributed by atoms with van der Waals surface area (Å²) in [5, 5.41) is 37.1. The smallest absolute Gasteiger partial charge is 0.335 e. The minimum atomic E-state index is -1.51. The molecular formula is C22H27NO11. The number of aliphatic hydroxyl groups is 1. The third kappa shape index (κ3) is 6.93. The Morgan fingerprint density at radius 1 is 1.00 bits per heavy atom.